The number of halogens is 4. The van der Waals surface area contributed by atoms with Crippen molar-refractivity contribution in [3.8, 4) is 11.6 Å². The highest BCUT2D eigenvalue weighted by Gasteiger charge is 2.42. The summed E-state index contributed by atoms with van der Waals surface area (Å²) in [5.41, 5.74) is -0.873. The molecule has 0 radical (unpaired) electrons. The lowest BCUT2D eigenvalue weighted by atomic mass is 9.71. The van der Waals surface area contributed by atoms with Gasteiger partial charge in [0.25, 0.3) is 0 Å². The molecule has 0 spiro atoms. The first kappa shape index (κ1) is 23.8. The Kier molecular flexibility index (Phi) is 6.60. The fourth-order valence-electron chi connectivity index (χ4n) is 4.76. The molecule has 9 heteroatoms. The fraction of sp³-hybridized carbons (Fsp3) is 0.500. The number of carbonyl (C=O) groups excluding carboxylic acids is 1. The van der Waals surface area contributed by atoms with Gasteiger partial charge >= 0.3 is 6.18 Å². The molecule has 1 aliphatic heterocycles. The number of likely N-dealkylation sites (tertiary alicyclic amines) is 1. The molecule has 33 heavy (non-hydrogen) atoms. The number of carbonyl (C=O) groups is 1. The average molecular weight is 483 g/mol. The number of rotatable bonds is 5. The van der Waals surface area contributed by atoms with Gasteiger partial charge < -0.3 is 14.7 Å². The Morgan fingerprint density at radius 2 is 2.09 bits per heavy atom. The molecule has 1 aromatic heterocycles. The fourth-order valence-corrected chi connectivity index (χ4v) is 5.00. The van der Waals surface area contributed by atoms with Crippen LogP contribution >= 0.6 is 11.6 Å². The maximum atomic E-state index is 12.7. The van der Waals surface area contributed by atoms with E-state index in [0.717, 1.165) is 43.3 Å². The summed E-state index contributed by atoms with van der Waals surface area (Å²) in [7, 11) is 0. The molecule has 3 atom stereocenters. The molecular formula is C24H26ClF3N2O3. The number of pyridine rings is 1. The van der Waals surface area contributed by atoms with E-state index in [2.05, 4.69) is 4.98 Å². The van der Waals surface area contributed by atoms with Crippen molar-refractivity contribution in [2.24, 2.45) is 5.92 Å². The number of benzene rings is 1. The predicted octanol–water partition coefficient (Wildman–Crippen LogP) is 5.63. The molecule has 1 aromatic carbocycles. The van der Waals surface area contributed by atoms with E-state index in [1.54, 1.807) is 18.2 Å². The predicted molar refractivity (Wildman–Crippen MR) is 117 cm³/mol. The second kappa shape index (κ2) is 9.14. The highest BCUT2D eigenvalue weighted by molar-refractivity contribution is 6.31. The molecule has 1 saturated heterocycles. The summed E-state index contributed by atoms with van der Waals surface area (Å²) in [5, 5.41) is 11.4. The van der Waals surface area contributed by atoms with Crippen molar-refractivity contribution in [2.45, 2.75) is 63.3 Å². The van der Waals surface area contributed by atoms with Gasteiger partial charge in [-0.3, -0.25) is 4.79 Å². The van der Waals surface area contributed by atoms with Gasteiger partial charge in [-0.2, -0.15) is 13.2 Å². The zero-order chi connectivity index (χ0) is 23.8. The highest BCUT2D eigenvalue weighted by Crippen LogP contribution is 2.40. The normalized spacial score (nSPS) is 26.0. The minimum atomic E-state index is -4.46. The number of ether oxygens (including phenoxy) is 1. The largest absolute Gasteiger partial charge is 0.439 e. The van der Waals surface area contributed by atoms with Crippen LogP contribution < -0.4 is 4.74 Å². The number of aromatic nitrogens is 1. The molecule has 5 nitrogen and oxygen atoms in total. The smallest absolute Gasteiger partial charge is 0.417 e. The first-order chi connectivity index (χ1) is 15.5. The van der Waals surface area contributed by atoms with Crippen LogP contribution in [0, 0.1) is 5.92 Å². The van der Waals surface area contributed by atoms with E-state index in [9.17, 15) is 23.1 Å². The minimum Gasteiger partial charge on any atom is -0.439 e. The van der Waals surface area contributed by atoms with Gasteiger partial charge in [0.2, 0.25) is 11.8 Å². The second-order valence-corrected chi connectivity index (χ2v) is 9.52. The standard InChI is InChI=1S/C24H26ClF3N2O3/c1-23(32)9-8-18(30-10-2-3-22(30)31)12-17(23)11-15-4-6-19(13-20(15)25)33-21-7-5-16(14-29-21)24(26,27)28/h4-7,13-14,17-18,32H,2-3,8-12H2,1H3. The Labute approximate surface area is 195 Å². The maximum absolute atomic E-state index is 12.7. The van der Waals surface area contributed by atoms with Crippen LogP contribution in [0.1, 0.15) is 50.2 Å². The molecule has 0 bridgehead atoms. The quantitative estimate of drug-likeness (QED) is 0.600. The van der Waals surface area contributed by atoms with E-state index < -0.39 is 17.3 Å². The Morgan fingerprint density at radius 3 is 2.70 bits per heavy atom. The number of hydrogen-bond acceptors (Lipinski definition) is 4. The van der Waals surface area contributed by atoms with Gasteiger partial charge in [-0.25, -0.2) is 4.98 Å². The van der Waals surface area contributed by atoms with Crippen molar-refractivity contribution in [3.05, 3.63) is 52.7 Å². The number of amides is 1. The van der Waals surface area contributed by atoms with Crippen molar-refractivity contribution in [1.82, 2.24) is 9.88 Å². The molecule has 178 valence electrons. The van der Waals surface area contributed by atoms with E-state index in [1.165, 1.54) is 0 Å². The molecule has 1 saturated carbocycles. The Bertz CT molecular complexity index is 1010. The van der Waals surface area contributed by atoms with Gasteiger partial charge in [-0.15, -0.1) is 0 Å². The van der Waals surface area contributed by atoms with Gasteiger partial charge in [0, 0.05) is 36.3 Å². The van der Waals surface area contributed by atoms with E-state index in [1.807, 2.05) is 11.8 Å². The topological polar surface area (TPSA) is 62.7 Å². The Morgan fingerprint density at radius 1 is 1.30 bits per heavy atom. The van der Waals surface area contributed by atoms with Crippen LogP contribution in [0.2, 0.25) is 5.02 Å². The number of alkyl halides is 3. The summed E-state index contributed by atoms with van der Waals surface area (Å²) in [4.78, 5) is 17.8. The second-order valence-electron chi connectivity index (χ2n) is 9.12. The average Bonchev–Trinajstić information content (AvgIpc) is 3.17. The summed E-state index contributed by atoms with van der Waals surface area (Å²) in [6, 6.07) is 7.27. The summed E-state index contributed by atoms with van der Waals surface area (Å²) < 4.78 is 43.6. The molecule has 3 unspecified atom stereocenters. The molecule has 2 fully saturated rings. The van der Waals surface area contributed by atoms with Gasteiger partial charge in [0.1, 0.15) is 5.75 Å². The molecule has 2 heterocycles. The number of hydrogen-bond donors (Lipinski definition) is 1. The number of nitrogens with zero attached hydrogens (tertiary/aromatic N) is 2. The first-order valence-corrected chi connectivity index (χ1v) is 11.4. The lowest BCUT2D eigenvalue weighted by Gasteiger charge is -2.44. The SMILES string of the molecule is CC1(O)CCC(N2CCCC2=O)CC1Cc1ccc(Oc2ccc(C(F)(F)F)cn2)cc1Cl. The van der Waals surface area contributed by atoms with Crippen molar-refractivity contribution in [3.63, 3.8) is 0 Å². The molecule has 1 aliphatic carbocycles. The van der Waals surface area contributed by atoms with Crippen LogP contribution in [0.3, 0.4) is 0 Å². The zero-order valence-electron chi connectivity index (χ0n) is 18.2. The molecule has 2 aliphatic rings. The first-order valence-electron chi connectivity index (χ1n) is 11.0. The van der Waals surface area contributed by atoms with E-state index in [4.69, 9.17) is 16.3 Å². The molecule has 2 aromatic rings. The van der Waals surface area contributed by atoms with Gasteiger partial charge in [0.15, 0.2) is 0 Å². The third-order valence-electron chi connectivity index (χ3n) is 6.75. The third kappa shape index (κ3) is 5.44. The molecule has 1 N–H and O–H groups in total. The van der Waals surface area contributed by atoms with E-state index >= 15 is 0 Å². The van der Waals surface area contributed by atoms with Crippen LogP contribution in [0.4, 0.5) is 13.2 Å². The van der Waals surface area contributed by atoms with Crippen molar-refractivity contribution in [1.29, 1.82) is 0 Å². The summed E-state index contributed by atoms with van der Waals surface area (Å²) in [6.45, 7) is 2.62. The summed E-state index contributed by atoms with van der Waals surface area (Å²) in [5.74, 6) is 0.509. The van der Waals surface area contributed by atoms with Crippen LogP contribution in [-0.2, 0) is 17.4 Å². The van der Waals surface area contributed by atoms with Crippen LogP contribution in [0.25, 0.3) is 0 Å². The molecule has 4 rings (SSSR count). The van der Waals surface area contributed by atoms with Gasteiger partial charge in [-0.1, -0.05) is 17.7 Å². The molecular weight excluding hydrogens is 457 g/mol. The zero-order valence-corrected chi connectivity index (χ0v) is 19.0. The summed E-state index contributed by atoms with van der Waals surface area (Å²) >= 11 is 6.48. The van der Waals surface area contributed by atoms with Crippen LogP contribution in [0.5, 0.6) is 11.6 Å². The van der Waals surface area contributed by atoms with Gasteiger partial charge in [0.05, 0.1) is 11.2 Å². The number of aliphatic hydroxyl groups is 1. The van der Waals surface area contributed by atoms with E-state index in [-0.39, 0.29) is 23.7 Å². The Balaban J connectivity index is 1.44. The van der Waals surface area contributed by atoms with Crippen molar-refractivity contribution < 1.29 is 27.8 Å². The lowest BCUT2D eigenvalue weighted by molar-refractivity contribution is -0.138. The van der Waals surface area contributed by atoms with Crippen molar-refractivity contribution in [2.75, 3.05) is 6.54 Å². The monoisotopic (exact) mass is 482 g/mol. The Hall–Kier alpha value is -2.32. The van der Waals surface area contributed by atoms with E-state index in [0.29, 0.717) is 36.5 Å². The highest BCUT2D eigenvalue weighted by atomic mass is 35.5. The minimum absolute atomic E-state index is 0.0279. The third-order valence-corrected chi connectivity index (χ3v) is 7.10. The van der Waals surface area contributed by atoms with Gasteiger partial charge in [-0.05, 0) is 68.7 Å². The van der Waals surface area contributed by atoms with Crippen LogP contribution in [0.15, 0.2) is 36.5 Å². The van der Waals surface area contributed by atoms with Crippen molar-refractivity contribution >= 4 is 17.5 Å². The maximum Gasteiger partial charge on any atom is 0.417 e. The lowest BCUT2D eigenvalue weighted by Crippen LogP contribution is -2.49. The summed E-state index contributed by atoms with van der Waals surface area (Å²) in [6.07, 6.45) is 0.401. The molecule has 1 amide bonds. The van der Waals surface area contributed by atoms with Crippen LogP contribution in [-0.4, -0.2) is 39.1 Å².